The fraction of sp³-hybridized carbons (Fsp3) is 0.368. The number of rotatable bonds is 6. The predicted octanol–water partition coefficient (Wildman–Crippen LogP) is 2.96. The molecule has 1 amide bonds. The van der Waals surface area contributed by atoms with Crippen molar-refractivity contribution in [2.75, 3.05) is 41.6 Å². The second-order valence-electron chi connectivity index (χ2n) is 6.62. The highest BCUT2D eigenvalue weighted by Crippen LogP contribution is 2.19. The first kappa shape index (κ1) is 20.6. The normalized spacial score (nSPS) is 14.8. The van der Waals surface area contributed by atoms with Crippen LogP contribution in [0.5, 0.6) is 0 Å². The summed E-state index contributed by atoms with van der Waals surface area (Å²) >= 11 is 3.38. The Bertz CT molecular complexity index is 926. The third kappa shape index (κ3) is 5.23. The fourth-order valence-corrected chi connectivity index (χ4v) is 4.45. The van der Waals surface area contributed by atoms with Crippen molar-refractivity contribution in [2.24, 2.45) is 0 Å². The van der Waals surface area contributed by atoms with Crippen LogP contribution in [0, 0.1) is 0 Å². The second kappa shape index (κ2) is 8.91. The number of nitrogens with zero attached hydrogens (tertiary/aromatic N) is 3. The number of amides is 1. The van der Waals surface area contributed by atoms with Crippen LogP contribution in [0.3, 0.4) is 0 Å². The Morgan fingerprint density at radius 3 is 2.57 bits per heavy atom. The number of halogens is 1. The maximum Gasteiger partial charge on any atom is 0.254 e. The molecule has 1 N–H and O–H groups in total. The lowest BCUT2D eigenvalue weighted by molar-refractivity contribution is 0.0746. The molecule has 1 saturated heterocycles. The van der Waals surface area contributed by atoms with Crippen LogP contribution in [0.1, 0.15) is 23.7 Å². The first-order valence-electron chi connectivity index (χ1n) is 9.14. The van der Waals surface area contributed by atoms with Crippen molar-refractivity contribution in [3.05, 3.63) is 52.6 Å². The molecule has 2 aromatic rings. The van der Waals surface area contributed by atoms with Gasteiger partial charge in [0.25, 0.3) is 5.91 Å². The molecule has 0 aliphatic carbocycles. The van der Waals surface area contributed by atoms with Gasteiger partial charge < -0.3 is 9.80 Å². The van der Waals surface area contributed by atoms with E-state index in [0.29, 0.717) is 43.9 Å². The number of sulfonamides is 1. The molecular formula is C19H23BrN4O3S. The number of pyridine rings is 1. The van der Waals surface area contributed by atoms with Gasteiger partial charge in [-0.2, -0.15) is 0 Å². The molecule has 0 unspecified atom stereocenters. The van der Waals surface area contributed by atoms with Crippen LogP contribution >= 0.6 is 15.9 Å². The van der Waals surface area contributed by atoms with Gasteiger partial charge in [-0.05, 0) is 52.7 Å². The molecule has 7 nitrogen and oxygen atoms in total. The summed E-state index contributed by atoms with van der Waals surface area (Å²) in [5.74, 6) is 0.847. The van der Waals surface area contributed by atoms with Crippen LogP contribution in [-0.2, 0) is 10.0 Å². The number of anilines is 2. The van der Waals surface area contributed by atoms with E-state index in [0.717, 1.165) is 10.3 Å². The maximum absolute atomic E-state index is 12.8. The van der Waals surface area contributed by atoms with Crippen molar-refractivity contribution in [2.45, 2.75) is 13.3 Å². The Labute approximate surface area is 173 Å². The van der Waals surface area contributed by atoms with E-state index in [1.807, 2.05) is 19.1 Å². The second-order valence-corrected chi connectivity index (χ2v) is 9.37. The largest absolute Gasteiger partial charge is 0.353 e. The lowest BCUT2D eigenvalue weighted by Gasteiger charge is -2.35. The van der Waals surface area contributed by atoms with Gasteiger partial charge in [0.15, 0.2) is 0 Å². The van der Waals surface area contributed by atoms with Crippen molar-refractivity contribution in [3.63, 3.8) is 0 Å². The van der Waals surface area contributed by atoms with Crippen LogP contribution in [-0.4, -0.2) is 56.1 Å². The van der Waals surface area contributed by atoms with E-state index in [2.05, 4.69) is 30.5 Å². The molecule has 0 saturated carbocycles. The van der Waals surface area contributed by atoms with Crippen LogP contribution < -0.4 is 9.62 Å². The zero-order valence-corrected chi connectivity index (χ0v) is 18.0. The SMILES string of the molecule is CCCS(=O)(=O)Nc1cccc(C(=O)N2CCN(c3ccc(Br)cn3)CC2)c1. The van der Waals surface area contributed by atoms with Crippen LogP contribution in [0.25, 0.3) is 0 Å². The quantitative estimate of drug-likeness (QED) is 0.707. The van der Waals surface area contributed by atoms with Gasteiger partial charge in [0.05, 0.1) is 5.75 Å². The van der Waals surface area contributed by atoms with Gasteiger partial charge in [-0.25, -0.2) is 13.4 Å². The first-order valence-corrected chi connectivity index (χ1v) is 11.6. The number of aromatic nitrogens is 1. The number of hydrogen-bond donors (Lipinski definition) is 1. The summed E-state index contributed by atoms with van der Waals surface area (Å²) in [6.45, 7) is 4.37. The summed E-state index contributed by atoms with van der Waals surface area (Å²) in [6, 6.07) is 10.6. The first-order chi connectivity index (χ1) is 13.4. The molecule has 1 aliphatic rings. The molecule has 3 rings (SSSR count). The molecule has 9 heteroatoms. The number of benzene rings is 1. The maximum atomic E-state index is 12.8. The zero-order chi connectivity index (χ0) is 20.1. The Morgan fingerprint density at radius 1 is 1.18 bits per heavy atom. The van der Waals surface area contributed by atoms with Gasteiger partial charge in [-0.3, -0.25) is 9.52 Å². The summed E-state index contributed by atoms with van der Waals surface area (Å²) in [7, 11) is -3.38. The highest BCUT2D eigenvalue weighted by Gasteiger charge is 2.23. The van der Waals surface area contributed by atoms with E-state index in [-0.39, 0.29) is 11.7 Å². The topological polar surface area (TPSA) is 82.6 Å². The van der Waals surface area contributed by atoms with E-state index < -0.39 is 10.0 Å². The van der Waals surface area contributed by atoms with Crippen LogP contribution in [0.15, 0.2) is 47.1 Å². The van der Waals surface area contributed by atoms with E-state index in [9.17, 15) is 13.2 Å². The molecule has 150 valence electrons. The lowest BCUT2D eigenvalue weighted by atomic mass is 10.1. The minimum absolute atomic E-state index is 0.0528. The minimum atomic E-state index is -3.38. The van der Waals surface area contributed by atoms with Gasteiger partial charge in [0.2, 0.25) is 10.0 Å². The molecule has 0 spiro atoms. The number of piperazine rings is 1. The summed E-state index contributed by atoms with van der Waals surface area (Å²) in [4.78, 5) is 21.2. The van der Waals surface area contributed by atoms with Gasteiger partial charge in [0.1, 0.15) is 5.82 Å². The molecule has 28 heavy (non-hydrogen) atoms. The van der Waals surface area contributed by atoms with Crippen molar-refractivity contribution < 1.29 is 13.2 Å². The minimum Gasteiger partial charge on any atom is -0.353 e. The molecule has 1 aromatic heterocycles. The molecule has 2 heterocycles. The summed E-state index contributed by atoms with van der Waals surface area (Å²) in [5.41, 5.74) is 0.893. The summed E-state index contributed by atoms with van der Waals surface area (Å²) < 4.78 is 27.4. The molecule has 1 fully saturated rings. The molecular weight excluding hydrogens is 444 g/mol. The van der Waals surface area contributed by atoms with Gasteiger partial charge in [-0.15, -0.1) is 0 Å². The molecule has 0 bridgehead atoms. The van der Waals surface area contributed by atoms with E-state index in [1.165, 1.54) is 0 Å². The van der Waals surface area contributed by atoms with Gasteiger partial charge in [-0.1, -0.05) is 13.0 Å². The molecule has 1 aromatic carbocycles. The number of nitrogens with one attached hydrogen (secondary N) is 1. The Morgan fingerprint density at radius 2 is 1.93 bits per heavy atom. The number of carbonyl (C=O) groups is 1. The monoisotopic (exact) mass is 466 g/mol. The highest BCUT2D eigenvalue weighted by atomic mass is 79.9. The smallest absolute Gasteiger partial charge is 0.254 e. The molecule has 0 radical (unpaired) electrons. The Balaban J connectivity index is 1.63. The van der Waals surface area contributed by atoms with E-state index >= 15 is 0 Å². The van der Waals surface area contributed by atoms with Gasteiger partial charge >= 0.3 is 0 Å². The van der Waals surface area contributed by atoms with E-state index in [4.69, 9.17) is 0 Å². The van der Waals surface area contributed by atoms with Crippen molar-refractivity contribution >= 4 is 43.4 Å². The predicted molar refractivity (Wildman–Crippen MR) is 114 cm³/mol. The Hall–Kier alpha value is -2.13. The Kier molecular flexibility index (Phi) is 6.56. The average molecular weight is 467 g/mol. The van der Waals surface area contributed by atoms with Crippen molar-refractivity contribution in [3.8, 4) is 0 Å². The van der Waals surface area contributed by atoms with Crippen LogP contribution in [0.2, 0.25) is 0 Å². The van der Waals surface area contributed by atoms with Crippen LogP contribution in [0.4, 0.5) is 11.5 Å². The van der Waals surface area contributed by atoms with Crippen molar-refractivity contribution in [1.82, 2.24) is 9.88 Å². The van der Waals surface area contributed by atoms with Gasteiger partial charge in [0, 0.05) is 48.1 Å². The molecule has 1 aliphatic heterocycles. The standard InChI is InChI=1S/C19H23BrN4O3S/c1-2-12-28(26,27)22-17-5-3-4-15(13-17)19(25)24-10-8-23(9-11-24)18-7-6-16(20)14-21-18/h3-7,13-14,22H,2,8-12H2,1H3. The average Bonchev–Trinajstić information content (AvgIpc) is 2.68. The fourth-order valence-electron chi connectivity index (χ4n) is 3.09. The summed E-state index contributed by atoms with van der Waals surface area (Å²) in [6.07, 6.45) is 2.30. The number of hydrogen-bond acceptors (Lipinski definition) is 5. The summed E-state index contributed by atoms with van der Waals surface area (Å²) in [5, 5.41) is 0. The van der Waals surface area contributed by atoms with Crippen molar-refractivity contribution in [1.29, 1.82) is 0 Å². The third-order valence-electron chi connectivity index (χ3n) is 4.46. The third-order valence-corrected chi connectivity index (χ3v) is 6.42. The lowest BCUT2D eigenvalue weighted by Crippen LogP contribution is -2.49. The molecule has 0 atom stereocenters. The number of carbonyl (C=O) groups excluding carboxylic acids is 1. The van der Waals surface area contributed by atoms with E-state index in [1.54, 1.807) is 35.4 Å². The highest BCUT2D eigenvalue weighted by molar-refractivity contribution is 9.10. The zero-order valence-electron chi connectivity index (χ0n) is 15.6.